The second kappa shape index (κ2) is 9.78. The molecule has 1 aromatic carbocycles. The first kappa shape index (κ1) is 21.2. The Hall–Kier alpha value is -3.54. The highest BCUT2D eigenvalue weighted by Gasteiger charge is 2.12. The van der Waals surface area contributed by atoms with E-state index in [9.17, 15) is 4.79 Å². The molecule has 2 heterocycles. The van der Waals surface area contributed by atoms with Crippen molar-refractivity contribution in [1.82, 2.24) is 15.2 Å². The molecule has 30 heavy (non-hydrogen) atoms. The minimum Gasteiger partial charge on any atom is -0.475 e. The fourth-order valence-corrected chi connectivity index (χ4v) is 2.88. The number of nitrogens with zero attached hydrogens (tertiary/aromatic N) is 4. The van der Waals surface area contributed by atoms with E-state index in [1.807, 2.05) is 25.1 Å². The van der Waals surface area contributed by atoms with E-state index in [4.69, 9.17) is 26.3 Å². The maximum Gasteiger partial charge on any atom is 0.276 e. The predicted molar refractivity (Wildman–Crippen MR) is 111 cm³/mol. The third-order valence-corrected chi connectivity index (χ3v) is 4.32. The number of rotatable bonds is 7. The van der Waals surface area contributed by atoms with Crippen LogP contribution in [0.5, 0.6) is 5.88 Å². The van der Waals surface area contributed by atoms with Gasteiger partial charge in [-0.2, -0.15) is 10.4 Å². The summed E-state index contributed by atoms with van der Waals surface area (Å²) in [5.41, 5.74) is 3.49. The van der Waals surface area contributed by atoms with Crippen LogP contribution in [0.3, 0.4) is 0 Å². The molecule has 0 atom stereocenters. The van der Waals surface area contributed by atoms with Gasteiger partial charge in [-0.1, -0.05) is 17.7 Å². The molecule has 0 saturated heterocycles. The number of methoxy groups -OCH3 is 1. The number of nitriles is 1. The van der Waals surface area contributed by atoms with Crippen molar-refractivity contribution in [2.75, 3.05) is 25.6 Å². The monoisotopic (exact) mass is 423 g/mol. The normalized spacial score (nSPS) is 10.3. The molecule has 3 rings (SSSR count). The number of pyridine rings is 1. The van der Waals surface area contributed by atoms with Gasteiger partial charge in [0.15, 0.2) is 5.69 Å². The Balaban J connectivity index is 1.86. The number of aromatic nitrogens is 3. The summed E-state index contributed by atoms with van der Waals surface area (Å²) in [4.78, 5) is 16.6. The summed E-state index contributed by atoms with van der Waals surface area (Å²) >= 11 is 6.16. The molecule has 0 aliphatic heterocycles. The first-order valence-electron chi connectivity index (χ1n) is 8.94. The number of nitrogens with one attached hydrogen (secondary N) is 1. The molecule has 9 heteroatoms. The van der Waals surface area contributed by atoms with Gasteiger partial charge in [0.1, 0.15) is 17.8 Å². The highest BCUT2D eigenvalue weighted by molar-refractivity contribution is 6.29. The van der Waals surface area contributed by atoms with Gasteiger partial charge in [0.25, 0.3) is 5.91 Å². The Morgan fingerprint density at radius 3 is 2.83 bits per heavy atom. The number of hydrogen-bond acceptors (Lipinski definition) is 7. The molecule has 0 bridgehead atoms. The molecule has 1 N–H and O–H groups in total. The van der Waals surface area contributed by atoms with Crippen LogP contribution in [0, 0.1) is 18.3 Å². The first-order chi connectivity index (χ1) is 14.5. The van der Waals surface area contributed by atoms with E-state index in [2.05, 4.69) is 20.5 Å². The van der Waals surface area contributed by atoms with Crippen LogP contribution in [0.1, 0.15) is 21.6 Å². The number of aryl methyl sites for hydroxylation is 1. The SMILES string of the molecule is COCCOc1cc(-c2cc(NC(=O)c3cc(C#N)cnn3)ccc2C)cc(Cl)n1. The smallest absolute Gasteiger partial charge is 0.276 e. The number of ether oxygens (including phenoxy) is 2. The van der Waals surface area contributed by atoms with E-state index in [1.165, 1.54) is 12.3 Å². The number of carbonyl (C=O) groups is 1. The molecule has 0 saturated carbocycles. The highest BCUT2D eigenvalue weighted by Crippen LogP contribution is 2.30. The van der Waals surface area contributed by atoms with Gasteiger partial charge in [-0.05, 0) is 47.9 Å². The summed E-state index contributed by atoms with van der Waals surface area (Å²) in [6.07, 6.45) is 1.29. The summed E-state index contributed by atoms with van der Waals surface area (Å²) in [5, 5.41) is 19.5. The molecule has 1 amide bonds. The van der Waals surface area contributed by atoms with Gasteiger partial charge in [0.2, 0.25) is 5.88 Å². The Labute approximate surface area is 178 Å². The van der Waals surface area contributed by atoms with E-state index < -0.39 is 5.91 Å². The average Bonchev–Trinajstić information content (AvgIpc) is 2.75. The lowest BCUT2D eigenvalue weighted by atomic mass is 10.0. The van der Waals surface area contributed by atoms with E-state index in [0.717, 1.165) is 16.7 Å². The maximum absolute atomic E-state index is 12.5. The molecule has 0 unspecified atom stereocenters. The van der Waals surface area contributed by atoms with Crippen molar-refractivity contribution in [2.45, 2.75) is 6.92 Å². The zero-order valence-electron chi connectivity index (χ0n) is 16.3. The third-order valence-electron chi connectivity index (χ3n) is 4.13. The summed E-state index contributed by atoms with van der Waals surface area (Å²) in [6, 6.07) is 12.3. The Kier molecular flexibility index (Phi) is 6.91. The van der Waals surface area contributed by atoms with Crippen LogP contribution in [-0.2, 0) is 4.74 Å². The molecule has 2 aromatic heterocycles. The molecule has 152 valence electrons. The lowest BCUT2D eigenvalue weighted by Crippen LogP contribution is -2.14. The van der Waals surface area contributed by atoms with Crippen molar-refractivity contribution in [2.24, 2.45) is 0 Å². The summed E-state index contributed by atoms with van der Waals surface area (Å²) in [6.45, 7) is 2.73. The van der Waals surface area contributed by atoms with Crippen molar-refractivity contribution < 1.29 is 14.3 Å². The number of hydrogen-bond donors (Lipinski definition) is 1. The van der Waals surface area contributed by atoms with Crippen LogP contribution in [-0.4, -0.2) is 41.4 Å². The fourth-order valence-electron chi connectivity index (χ4n) is 2.68. The lowest BCUT2D eigenvalue weighted by Gasteiger charge is -2.12. The number of amides is 1. The lowest BCUT2D eigenvalue weighted by molar-refractivity contribution is 0.102. The summed E-state index contributed by atoms with van der Waals surface area (Å²) in [7, 11) is 1.59. The second-order valence-corrected chi connectivity index (χ2v) is 6.67. The molecule has 0 aliphatic rings. The molecule has 3 aromatic rings. The van der Waals surface area contributed by atoms with E-state index in [1.54, 1.807) is 25.3 Å². The average molecular weight is 424 g/mol. The third kappa shape index (κ3) is 5.29. The van der Waals surface area contributed by atoms with Crippen LogP contribution in [0.25, 0.3) is 11.1 Å². The Morgan fingerprint density at radius 2 is 2.07 bits per heavy atom. The van der Waals surface area contributed by atoms with Gasteiger partial charge < -0.3 is 14.8 Å². The minimum atomic E-state index is -0.467. The van der Waals surface area contributed by atoms with Crippen LogP contribution in [0.4, 0.5) is 5.69 Å². The Morgan fingerprint density at radius 1 is 1.23 bits per heavy atom. The quantitative estimate of drug-likeness (QED) is 0.456. The van der Waals surface area contributed by atoms with Crippen LogP contribution in [0.2, 0.25) is 5.15 Å². The Bertz CT molecular complexity index is 1110. The van der Waals surface area contributed by atoms with E-state index >= 15 is 0 Å². The molecule has 0 aliphatic carbocycles. The molecule has 0 spiro atoms. The highest BCUT2D eigenvalue weighted by atomic mass is 35.5. The van der Waals surface area contributed by atoms with Gasteiger partial charge >= 0.3 is 0 Å². The van der Waals surface area contributed by atoms with Crippen molar-refractivity contribution in [3.05, 3.63) is 64.6 Å². The van der Waals surface area contributed by atoms with Gasteiger partial charge in [-0.25, -0.2) is 4.98 Å². The van der Waals surface area contributed by atoms with Crippen LogP contribution < -0.4 is 10.1 Å². The summed E-state index contributed by atoms with van der Waals surface area (Å²) < 4.78 is 10.6. The van der Waals surface area contributed by atoms with E-state index in [0.29, 0.717) is 24.8 Å². The molecular formula is C21H18ClN5O3. The standard InChI is InChI=1S/C21H18ClN5O3/c1-13-3-4-16(25-21(28)18-7-14(11-23)12-24-27-18)10-17(13)15-8-19(22)26-20(9-15)30-6-5-29-2/h3-4,7-10,12H,5-6H2,1-2H3,(H,25,28). The molecule has 8 nitrogen and oxygen atoms in total. The van der Waals surface area contributed by atoms with Crippen molar-refractivity contribution in [3.63, 3.8) is 0 Å². The largest absolute Gasteiger partial charge is 0.475 e. The molecule has 0 radical (unpaired) electrons. The molecule has 0 fully saturated rings. The number of anilines is 1. The van der Waals surface area contributed by atoms with Crippen molar-refractivity contribution in [1.29, 1.82) is 5.26 Å². The second-order valence-electron chi connectivity index (χ2n) is 6.28. The van der Waals surface area contributed by atoms with Gasteiger partial charge in [0.05, 0.1) is 18.4 Å². The summed E-state index contributed by atoms with van der Waals surface area (Å²) in [5.74, 6) is -0.0854. The number of carbonyl (C=O) groups excluding carboxylic acids is 1. The van der Waals surface area contributed by atoms with Crippen molar-refractivity contribution >= 4 is 23.2 Å². The first-order valence-corrected chi connectivity index (χ1v) is 9.32. The van der Waals surface area contributed by atoms with Gasteiger partial charge in [-0.15, -0.1) is 5.10 Å². The maximum atomic E-state index is 12.5. The van der Waals surface area contributed by atoms with Crippen LogP contribution in [0.15, 0.2) is 42.6 Å². The topological polar surface area (TPSA) is 110 Å². The van der Waals surface area contributed by atoms with E-state index in [-0.39, 0.29) is 16.4 Å². The fraction of sp³-hybridized carbons (Fsp3) is 0.190. The minimum absolute atomic E-state index is 0.0527. The number of benzene rings is 1. The van der Waals surface area contributed by atoms with Crippen molar-refractivity contribution in [3.8, 4) is 23.1 Å². The predicted octanol–water partition coefficient (Wildman–Crippen LogP) is 3.65. The zero-order chi connectivity index (χ0) is 21.5. The van der Waals surface area contributed by atoms with Gasteiger partial charge in [-0.3, -0.25) is 4.79 Å². The zero-order valence-corrected chi connectivity index (χ0v) is 17.1. The van der Waals surface area contributed by atoms with Crippen LogP contribution >= 0.6 is 11.6 Å². The molecular weight excluding hydrogens is 406 g/mol. The number of halogens is 1. The van der Waals surface area contributed by atoms with Gasteiger partial charge in [0, 0.05) is 18.9 Å².